The molecule has 2 heterocycles. The number of rotatable bonds is 5. The van der Waals surface area contributed by atoms with Crippen LogP contribution in [0.1, 0.15) is 17.7 Å². The molecule has 0 spiro atoms. The summed E-state index contributed by atoms with van der Waals surface area (Å²) in [4.78, 5) is 21.7. The minimum Gasteiger partial charge on any atom is -0.355 e. The van der Waals surface area contributed by atoms with Crippen molar-refractivity contribution in [1.29, 1.82) is 0 Å². The van der Waals surface area contributed by atoms with E-state index in [2.05, 4.69) is 14.9 Å². The molecule has 144 valence electrons. The molecule has 1 unspecified atom stereocenters. The van der Waals surface area contributed by atoms with Crippen molar-refractivity contribution in [3.05, 3.63) is 58.0 Å². The summed E-state index contributed by atoms with van der Waals surface area (Å²) in [5.74, 6) is 0.204. The predicted molar refractivity (Wildman–Crippen MR) is 92.2 cm³/mol. The fraction of sp³-hybridized carbons (Fsp3) is 0.412. The molecule has 1 atom stereocenters. The van der Waals surface area contributed by atoms with Crippen molar-refractivity contribution in [2.45, 2.75) is 25.2 Å². The number of aromatic nitrogens is 2. The number of halogens is 3. The number of likely N-dealkylation sites (N-methyl/N-ethyl adjacent to an activating group) is 1. The molecule has 0 saturated carbocycles. The smallest absolute Gasteiger partial charge is 0.355 e. The third-order valence-corrected chi connectivity index (χ3v) is 4.68. The highest BCUT2D eigenvalue weighted by molar-refractivity contribution is 5.41. The van der Waals surface area contributed by atoms with Crippen LogP contribution < -0.4 is 4.90 Å². The van der Waals surface area contributed by atoms with Crippen LogP contribution in [0.15, 0.2) is 36.7 Å². The number of benzene rings is 1. The van der Waals surface area contributed by atoms with E-state index in [0.717, 1.165) is 18.8 Å². The zero-order valence-electron chi connectivity index (χ0n) is 14.6. The number of nitro benzene ring substituents is 1. The molecule has 0 radical (unpaired) electrons. The number of alkyl halides is 3. The van der Waals surface area contributed by atoms with Gasteiger partial charge >= 0.3 is 6.18 Å². The van der Waals surface area contributed by atoms with Crippen molar-refractivity contribution in [2.24, 2.45) is 0 Å². The van der Waals surface area contributed by atoms with Gasteiger partial charge in [0.1, 0.15) is 17.8 Å². The molecule has 10 heteroatoms. The van der Waals surface area contributed by atoms with E-state index in [4.69, 9.17) is 0 Å². The van der Waals surface area contributed by atoms with E-state index < -0.39 is 16.8 Å². The number of anilines is 1. The van der Waals surface area contributed by atoms with E-state index in [0.29, 0.717) is 25.2 Å². The van der Waals surface area contributed by atoms with Gasteiger partial charge in [0.2, 0.25) is 0 Å². The lowest BCUT2D eigenvalue weighted by Crippen LogP contribution is -2.35. The van der Waals surface area contributed by atoms with Crippen LogP contribution >= 0.6 is 0 Å². The van der Waals surface area contributed by atoms with Gasteiger partial charge < -0.3 is 4.90 Å². The van der Waals surface area contributed by atoms with Crippen molar-refractivity contribution < 1.29 is 18.1 Å². The second-order valence-electron chi connectivity index (χ2n) is 6.43. The van der Waals surface area contributed by atoms with E-state index in [1.54, 1.807) is 30.1 Å². The summed E-state index contributed by atoms with van der Waals surface area (Å²) >= 11 is 0. The van der Waals surface area contributed by atoms with E-state index >= 15 is 0 Å². The van der Waals surface area contributed by atoms with Crippen LogP contribution in [0.25, 0.3) is 0 Å². The molecule has 0 N–H and O–H groups in total. The van der Waals surface area contributed by atoms with E-state index in [9.17, 15) is 23.3 Å². The third kappa shape index (κ3) is 4.33. The number of para-hydroxylation sites is 1. The maximum atomic E-state index is 12.8. The number of nitro groups is 1. The highest BCUT2D eigenvalue weighted by atomic mass is 19.4. The summed E-state index contributed by atoms with van der Waals surface area (Å²) in [5.41, 5.74) is -0.291. The molecule has 27 heavy (non-hydrogen) atoms. The largest absolute Gasteiger partial charge is 0.433 e. The van der Waals surface area contributed by atoms with Crippen molar-refractivity contribution in [3.63, 3.8) is 0 Å². The van der Waals surface area contributed by atoms with Gasteiger partial charge in [-0.25, -0.2) is 9.97 Å². The van der Waals surface area contributed by atoms with E-state index in [1.165, 1.54) is 6.07 Å². The van der Waals surface area contributed by atoms with Crippen LogP contribution in [0.3, 0.4) is 0 Å². The van der Waals surface area contributed by atoms with Crippen molar-refractivity contribution in [1.82, 2.24) is 14.9 Å². The molecule has 1 aromatic heterocycles. The molecule has 3 rings (SSSR count). The summed E-state index contributed by atoms with van der Waals surface area (Å²) in [7, 11) is 1.70. The molecular weight excluding hydrogens is 363 g/mol. The summed E-state index contributed by atoms with van der Waals surface area (Å²) in [6.07, 6.45) is -2.89. The standard InChI is InChI=1S/C17H18F3N5O2/c1-23(16-8-15(17(18,19)20)21-11-22-16)13-6-7-24(10-13)9-12-4-2-3-5-14(12)25(26)27/h2-5,8,11,13H,6-7,9-10H2,1H3. The predicted octanol–water partition coefficient (Wildman–Crippen LogP) is 3.11. The Hall–Kier alpha value is -2.75. The van der Waals surface area contributed by atoms with Gasteiger partial charge in [0.25, 0.3) is 5.69 Å². The first-order chi connectivity index (χ1) is 12.8. The van der Waals surface area contributed by atoms with Gasteiger partial charge in [-0.2, -0.15) is 13.2 Å². The first-order valence-corrected chi connectivity index (χ1v) is 8.32. The van der Waals surface area contributed by atoms with Gasteiger partial charge in [0.05, 0.1) is 4.92 Å². The van der Waals surface area contributed by atoms with Crippen LogP contribution in [0.5, 0.6) is 0 Å². The first kappa shape index (κ1) is 19.0. The van der Waals surface area contributed by atoms with Crippen molar-refractivity contribution in [2.75, 3.05) is 25.0 Å². The van der Waals surface area contributed by atoms with Crippen LogP contribution in [-0.4, -0.2) is 46.0 Å². The Morgan fingerprint density at radius 2 is 2.07 bits per heavy atom. The monoisotopic (exact) mass is 381 g/mol. The molecule has 2 aromatic rings. The molecule has 1 aliphatic rings. The Balaban J connectivity index is 1.69. The first-order valence-electron chi connectivity index (χ1n) is 8.32. The van der Waals surface area contributed by atoms with Gasteiger partial charge in [-0.1, -0.05) is 18.2 Å². The highest BCUT2D eigenvalue weighted by Crippen LogP contribution is 2.30. The van der Waals surface area contributed by atoms with Crippen molar-refractivity contribution >= 4 is 11.5 Å². The van der Waals surface area contributed by atoms with Crippen LogP contribution in [0, 0.1) is 10.1 Å². The van der Waals surface area contributed by atoms with E-state index in [-0.39, 0.29) is 17.5 Å². The van der Waals surface area contributed by atoms with Gasteiger partial charge in [-0.3, -0.25) is 15.0 Å². The lowest BCUT2D eigenvalue weighted by Gasteiger charge is -2.26. The number of nitrogens with zero attached hydrogens (tertiary/aromatic N) is 5. The topological polar surface area (TPSA) is 75.4 Å². The molecule has 1 saturated heterocycles. The zero-order valence-corrected chi connectivity index (χ0v) is 14.6. The van der Waals surface area contributed by atoms with E-state index in [1.807, 2.05) is 0 Å². The lowest BCUT2D eigenvalue weighted by atomic mass is 10.1. The molecule has 0 bridgehead atoms. The van der Waals surface area contributed by atoms with Gasteiger partial charge in [0, 0.05) is 50.4 Å². The maximum Gasteiger partial charge on any atom is 0.433 e. The molecule has 0 amide bonds. The Morgan fingerprint density at radius 1 is 1.33 bits per heavy atom. The molecule has 1 aliphatic heterocycles. The summed E-state index contributed by atoms with van der Waals surface area (Å²) in [6, 6.07) is 7.45. The quantitative estimate of drug-likeness (QED) is 0.585. The second kappa shape index (κ2) is 7.47. The number of likely N-dealkylation sites (tertiary alicyclic amines) is 1. The number of hydrogen-bond donors (Lipinski definition) is 0. The maximum absolute atomic E-state index is 12.8. The van der Waals surface area contributed by atoms with Gasteiger partial charge in [0.15, 0.2) is 0 Å². The summed E-state index contributed by atoms with van der Waals surface area (Å²) in [5, 5.41) is 11.1. The Labute approximate surface area is 153 Å². The fourth-order valence-electron chi connectivity index (χ4n) is 3.22. The fourth-order valence-corrected chi connectivity index (χ4v) is 3.22. The summed E-state index contributed by atoms with van der Waals surface area (Å²) < 4.78 is 38.5. The minimum absolute atomic E-state index is 0.0382. The normalized spacial score (nSPS) is 17.9. The Kier molecular flexibility index (Phi) is 5.26. The Bertz CT molecular complexity index is 830. The molecule has 7 nitrogen and oxygen atoms in total. The van der Waals surface area contributed by atoms with Crippen LogP contribution in [0.2, 0.25) is 0 Å². The molecular formula is C17H18F3N5O2. The number of hydrogen-bond acceptors (Lipinski definition) is 6. The third-order valence-electron chi connectivity index (χ3n) is 4.68. The lowest BCUT2D eigenvalue weighted by molar-refractivity contribution is -0.385. The average Bonchev–Trinajstić information content (AvgIpc) is 3.09. The van der Waals surface area contributed by atoms with Crippen molar-refractivity contribution in [3.8, 4) is 0 Å². The molecule has 0 aliphatic carbocycles. The zero-order chi connectivity index (χ0) is 19.6. The second-order valence-corrected chi connectivity index (χ2v) is 6.43. The minimum atomic E-state index is -4.52. The summed E-state index contributed by atoms with van der Waals surface area (Å²) in [6.45, 7) is 1.69. The highest BCUT2D eigenvalue weighted by Gasteiger charge is 2.34. The SMILES string of the molecule is CN(c1cc(C(F)(F)F)ncn1)C1CCN(Cc2ccccc2[N+](=O)[O-])C1. The average molecular weight is 381 g/mol. The van der Waals surface area contributed by atoms with Crippen LogP contribution in [0.4, 0.5) is 24.7 Å². The molecule has 1 aromatic carbocycles. The van der Waals surface area contributed by atoms with Gasteiger partial charge in [-0.15, -0.1) is 0 Å². The molecule has 1 fully saturated rings. The van der Waals surface area contributed by atoms with Crippen LogP contribution in [-0.2, 0) is 12.7 Å². The Morgan fingerprint density at radius 3 is 2.78 bits per heavy atom. The van der Waals surface area contributed by atoms with Gasteiger partial charge in [-0.05, 0) is 6.42 Å².